The molecule has 0 N–H and O–H groups in total. The minimum Gasteiger partial charge on any atom is -0.669 e. The van der Waals surface area contributed by atoms with Gasteiger partial charge in [-0.1, -0.05) is 39.2 Å². The van der Waals surface area contributed by atoms with E-state index >= 15 is 0 Å². The molecule has 4 aromatic carbocycles. The van der Waals surface area contributed by atoms with Gasteiger partial charge in [0, 0.05) is 35.4 Å². The number of hydrogen-bond donors (Lipinski definition) is 0. The Bertz CT molecular complexity index is 2080. The predicted octanol–water partition coefficient (Wildman–Crippen LogP) is 7.82. The predicted molar refractivity (Wildman–Crippen MR) is 170 cm³/mol. The second-order valence-corrected chi connectivity index (χ2v) is 9.62. The fraction of sp³-hybridized carbons (Fsp3) is 0.0256. The Morgan fingerprint density at radius 1 is 0.745 bits per heavy atom. The van der Waals surface area contributed by atoms with Crippen LogP contribution in [0, 0.1) is 42.8 Å². The summed E-state index contributed by atoms with van der Waals surface area (Å²) in [7, 11) is 1.92. The van der Waals surface area contributed by atoms with Crippen molar-refractivity contribution < 1.29 is 60.8 Å². The molecule has 2 aromatic heterocycles. The molecule has 47 heavy (non-hydrogen) atoms. The van der Waals surface area contributed by atoms with Crippen LogP contribution >= 0.6 is 0 Å². The number of nitrogens with zero attached hydrogens (tertiary/aromatic N) is 4. The van der Waals surface area contributed by atoms with E-state index in [4.69, 9.17) is 15.9 Å². The maximum Gasteiger partial charge on any atom is 4.00 e. The molecule has 230 valence electrons. The summed E-state index contributed by atoms with van der Waals surface area (Å²) in [5.74, 6) is 2.38. The van der Waals surface area contributed by atoms with E-state index in [1.165, 1.54) is 0 Å². The van der Waals surface area contributed by atoms with E-state index in [0.29, 0.717) is 23.0 Å². The minimum absolute atomic E-state index is 0. The zero-order valence-electron chi connectivity index (χ0n) is 24.9. The fourth-order valence-corrected chi connectivity index (χ4v) is 4.27. The zero-order valence-corrected chi connectivity index (χ0v) is 29.4. The van der Waals surface area contributed by atoms with Gasteiger partial charge in [0.05, 0.1) is 0 Å². The van der Waals surface area contributed by atoms with Gasteiger partial charge in [-0.15, -0.1) is 48.0 Å². The molecule has 0 amide bonds. The first kappa shape index (κ1) is 34.8. The van der Waals surface area contributed by atoms with E-state index < -0.39 is 0 Å². The van der Waals surface area contributed by atoms with Crippen LogP contribution in [0.3, 0.4) is 0 Å². The number of para-hydroxylation sites is 1. The van der Waals surface area contributed by atoms with Crippen molar-refractivity contribution in [3.05, 3.63) is 165 Å². The van der Waals surface area contributed by atoms with Crippen molar-refractivity contribution in [2.75, 3.05) is 7.05 Å². The average molecular weight is 971 g/mol. The normalized spacial score (nSPS) is 11.0. The van der Waals surface area contributed by atoms with Gasteiger partial charge in [0.25, 0.3) is 6.20 Å². The molecule has 6 nitrogen and oxygen atoms in total. The number of benzene rings is 4. The summed E-state index contributed by atoms with van der Waals surface area (Å²) in [6, 6.07) is 51.8. The van der Waals surface area contributed by atoms with Gasteiger partial charge >= 0.3 is 48.1 Å². The molecule has 8 heteroatoms. The fourth-order valence-electron chi connectivity index (χ4n) is 4.27. The maximum atomic E-state index is 6.57. The van der Waals surface area contributed by atoms with Gasteiger partial charge in [-0.05, 0) is 12.1 Å². The third-order valence-corrected chi connectivity index (χ3v) is 6.38. The molecule has 3 heterocycles. The first-order valence-electron chi connectivity index (χ1n) is 13.9. The summed E-state index contributed by atoms with van der Waals surface area (Å²) in [5, 5.41) is 0. The molecule has 0 aliphatic carbocycles. The Kier molecular flexibility index (Phi) is 12.6. The third kappa shape index (κ3) is 9.49. The van der Waals surface area contributed by atoms with Crippen molar-refractivity contribution >= 4 is 11.7 Å². The van der Waals surface area contributed by atoms with Crippen molar-refractivity contribution in [1.29, 1.82) is 0 Å². The minimum atomic E-state index is 0. The van der Waals surface area contributed by atoms with Crippen LogP contribution in [0.4, 0.5) is 5.69 Å². The van der Waals surface area contributed by atoms with Gasteiger partial charge in [-0.3, -0.25) is 11.1 Å². The molecule has 0 radical (unpaired) electrons. The van der Waals surface area contributed by atoms with Crippen molar-refractivity contribution in [3.8, 4) is 51.4 Å². The van der Waals surface area contributed by atoms with Crippen molar-refractivity contribution in [2.45, 2.75) is 0 Å². The smallest absolute Gasteiger partial charge is 0.669 e. The second kappa shape index (κ2) is 17.0. The molecule has 7 rings (SSSR count). The van der Waals surface area contributed by atoms with Crippen LogP contribution in [0.15, 0.2) is 128 Å². The molecular weight excluding hydrogens is 947 g/mol. The standard InChI is InChI=1S/C33H20N3O2.C6H4N.2Pt/c1-35-18-19-36(24-35)28-10-7-15-32(23-28)38-31-14-6-9-27(21-31)33-22-26(16-17-34-33)25-8-5-13-30(20-25)37-29-11-3-2-4-12-29;1-2-7-5-3-4-6-7;;/h2-11,13-15,17-19,22H,1H3;3-6H;;/q-3;-1;+2;+4. The number of aromatic nitrogens is 2. The first-order chi connectivity index (χ1) is 22.1. The Balaban J connectivity index is 0.000000495. The number of rotatable bonds is 7. The zero-order chi connectivity index (χ0) is 30.8. The topological polar surface area (TPSA) is 42.3 Å². The van der Waals surface area contributed by atoms with Crippen LogP contribution < -0.4 is 9.47 Å². The molecule has 0 unspecified atom stereocenters. The quantitative estimate of drug-likeness (QED) is 0.0932. The van der Waals surface area contributed by atoms with Gasteiger partial charge in [0.1, 0.15) is 5.69 Å². The summed E-state index contributed by atoms with van der Waals surface area (Å²) in [6.45, 7) is 0. The summed E-state index contributed by atoms with van der Waals surface area (Å²) < 4.78 is 17.2. The van der Waals surface area contributed by atoms with Crippen LogP contribution in [0.5, 0.6) is 23.0 Å². The molecule has 0 atom stereocenters. The number of pyridine rings is 1. The summed E-state index contributed by atoms with van der Waals surface area (Å²) in [5.41, 5.74) is 4.06. The van der Waals surface area contributed by atoms with Gasteiger partial charge in [-0.2, -0.15) is 36.4 Å². The SMILES string of the molecule is C[N+]1=C=[N+](c2[c-]c(Oc3[c-]c(-c4cc(-c5[c-]c(Oc6[c-]cccc6)ccc5)[c-]cn4)ccc3)ccc2)C=C1.[C-]#Cn1cccc1.[Pt+2].[Pt+4]. The molecular formula is C39H24N4O2Pt2+2. The summed E-state index contributed by atoms with van der Waals surface area (Å²) >= 11 is 0. The van der Waals surface area contributed by atoms with Gasteiger partial charge in [0.15, 0.2) is 7.05 Å². The van der Waals surface area contributed by atoms with Crippen LogP contribution in [0.1, 0.15) is 0 Å². The number of ether oxygens (including phenoxy) is 2. The first-order valence-corrected chi connectivity index (χ1v) is 13.9. The molecule has 0 bridgehead atoms. The Morgan fingerprint density at radius 2 is 1.40 bits per heavy atom. The third-order valence-electron chi connectivity index (χ3n) is 6.38. The van der Waals surface area contributed by atoms with Crippen LogP contribution in [-0.2, 0) is 42.1 Å². The Morgan fingerprint density at radius 3 is 2.06 bits per heavy atom. The van der Waals surface area contributed by atoms with Crippen molar-refractivity contribution in [3.63, 3.8) is 0 Å². The molecule has 0 spiro atoms. The van der Waals surface area contributed by atoms with E-state index in [1.807, 2.05) is 126 Å². The Hall–Kier alpha value is -5.03. The molecule has 1 aliphatic rings. The Labute approximate surface area is 303 Å². The van der Waals surface area contributed by atoms with Crippen LogP contribution in [-0.4, -0.2) is 31.8 Å². The van der Waals surface area contributed by atoms with E-state index in [9.17, 15) is 0 Å². The average Bonchev–Trinajstić information content (AvgIpc) is 3.78. The number of hydrogen-bond acceptors (Lipinski definition) is 3. The summed E-state index contributed by atoms with van der Waals surface area (Å²) in [4.78, 5) is 4.52. The van der Waals surface area contributed by atoms with Crippen LogP contribution in [0.2, 0.25) is 0 Å². The maximum absolute atomic E-state index is 6.57. The molecule has 1 aliphatic heterocycles. The molecule has 0 saturated carbocycles. The van der Waals surface area contributed by atoms with E-state index in [0.717, 1.165) is 28.1 Å². The van der Waals surface area contributed by atoms with Gasteiger partial charge < -0.3 is 25.4 Å². The van der Waals surface area contributed by atoms with Gasteiger partial charge in [-0.25, -0.2) is 24.2 Å². The van der Waals surface area contributed by atoms with Crippen LogP contribution in [0.25, 0.3) is 22.4 Å². The molecule has 6 aromatic rings. The van der Waals surface area contributed by atoms with E-state index in [-0.39, 0.29) is 42.1 Å². The molecule has 0 saturated heterocycles. The largest absolute Gasteiger partial charge is 4.00 e. The van der Waals surface area contributed by atoms with Crippen molar-refractivity contribution in [2.24, 2.45) is 0 Å². The van der Waals surface area contributed by atoms with E-state index in [2.05, 4.69) is 47.4 Å². The van der Waals surface area contributed by atoms with Gasteiger partial charge in [0.2, 0.25) is 6.20 Å². The van der Waals surface area contributed by atoms with Crippen molar-refractivity contribution in [1.82, 2.24) is 9.55 Å². The molecule has 0 fully saturated rings. The summed E-state index contributed by atoms with van der Waals surface area (Å²) in [6.07, 6.45) is 15.6. The monoisotopic (exact) mass is 970 g/mol. The van der Waals surface area contributed by atoms with E-state index in [1.54, 1.807) is 23.2 Å². The second-order valence-electron chi connectivity index (χ2n) is 9.62.